The maximum atomic E-state index is 11.8. The molecule has 22 heavy (non-hydrogen) atoms. The normalized spacial score (nSPS) is 12.2. The zero-order valence-corrected chi connectivity index (χ0v) is 13.1. The van der Waals surface area contributed by atoms with E-state index in [1.807, 2.05) is 0 Å². The molecule has 0 aliphatic carbocycles. The summed E-state index contributed by atoms with van der Waals surface area (Å²) in [6.07, 6.45) is 2.84. The molecule has 120 valence electrons. The topological polar surface area (TPSA) is 84.9 Å². The van der Waals surface area contributed by atoms with Crippen LogP contribution >= 0.6 is 0 Å². The van der Waals surface area contributed by atoms with Crippen LogP contribution in [0.1, 0.15) is 19.4 Å². The molecule has 0 bridgehead atoms. The van der Waals surface area contributed by atoms with Crippen LogP contribution in [0, 0.1) is 5.92 Å². The largest absolute Gasteiger partial charge is 0.497 e. The Morgan fingerprint density at radius 3 is 2.41 bits per heavy atom. The van der Waals surface area contributed by atoms with E-state index >= 15 is 0 Å². The number of benzene rings is 1. The molecular weight excluding hydrogens is 286 g/mol. The highest BCUT2D eigenvalue weighted by molar-refractivity contribution is 5.94. The first-order chi connectivity index (χ1) is 10.4. The fraction of sp³-hybridized carbons (Fsp3) is 0.375. The number of amides is 1. The summed E-state index contributed by atoms with van der Waals surface area (Å²) < 4.78 is 10.3. The summed E-state index contributed by atoms with van der Waals surface area (Å²) in [4.78, 5) is 22.9. The Hall–Kier alpha value is -2.50. The third-order valence-corrected chi connectivity index (χ3v) is 3.09. The molecule has 6 nitrogen and oxygen atoms in total. The van der Waals surface area contributed by atoms with Gasteiger partial charge in [0.2, 0.25) is 5.91 Å². The van der Waals surface area contributed by atoms with E-state index < -0.39 is 17.9 Å². The molecule has 1 unspecified atom stereocenters. The van der Waals surface area contributed by atoms with E-state index in [9.17, 15) is 9.59 Å². The van der Waals surface area contributed by atoms with E-state index in [0.717, 1.165) is 0 Å². The maximum Gasteiger partial charge on any atom is 0.326 e. The van der Waals surface area contributed by atoms with Crippen molar-refractivity contribution in [2.24, 2.45) is 5.92 Å². The number of hydrogen-bond acceptors (Lipinski definition) is 4. The Bertz CT molecular complexity index is 566. The molecule has 6 heteroatoms. The number of carboxylic acid groups (broad SMARTS) is 1. The van der Waals surface area contributed by atoms with Gasteiger partial charge in [0.05, 0.1) is 14.2 Å². The number of hydrogen-bond donors (Lipinski definition) is 2. The summed E-state index contributed by atoms with van der Waals surface area (Å²) in [6.45, 7) is 3.46. The average molecular weight is 307 g/mol. The molecule has 0 heterocycles. The molecule has 0 aromatic heterocycles. The van der Waals surface area contributed by atoms with Gasteiger partial charge in [0.25, 0.3) is 0 Å². The molecule has 0 fully saturated rings. The molecule has 2 N–H and O–H groups in total. The number of carbonyl (C=O) groups is 2. The lowest BCUT2D eigenvalue weighted by atomic mass is 10.0. The van der Waals surface area contributed by atoms with Crippen molar-refractivity contribution in [3.05, 3.63) is 29.8 Å². The lowest BCUT2D eigenvalue weighted by Gasteiger charge is -2.16. The molecule has 0 aliphatic heterocycles. The Balaban J connectivity index is 2.83. The van der Waals surface area contributed by atoms with Gasteiger partial charge in [0, 0.05) is 17.7 Å². The second-order valence-corrected chi connectivity index (χ2v) is 5.01. The zero-order valence-electron chi connectivity index (χ0n) is 13.1. The monoisotopic (exact) mass is 307 g/mol. The maximum absolute atomic E-state index is 11.8. The van der Waals surface area contributed by atoms with E-state index in [1.54, 1.807) is 45.2 Å². The second kappa shape index (κ2) is 8.07. The number of nitrogens with one attached hydrogen (secondary N) is 1. The van der Waals surface area contributed by atoms with Crippen LogP contribution in [-0.4, -0.2) is 37.2 Å². The van der Waals surface area contributed by atoms with Gasteiger partial charge in [-0.1, -0.05) is 13.8 Å². The molecule has 1 rings (SSSR count). The van der Waals surface area contributed by atoms with Crippen LogP contribution < -0.4 is 14.8 Å². The third kappa shape index (κ3) is 4.80. The quantitative estimate of drug-likeness (QED) is 0.752. The number of carbonyl (C=O) groups excluding carboxylic acids is 1. The van der Waals surface area contributed by atoms with Gasteiger partial charge in [-0.2, -0.15) is 0 Å². The van der Waals surface area contributed by atoms with Crippen LogP contribution in [0.5, 0.6) is 11.5 Å². The highest BCUT2D eigenvalue weighted by Gasteiger charge is 2.22. The van der Waals surface area contributed by atoms with Crippen LogP contribution in [0.2, 0.25) is 0 Å². The number of methoxy groups -OCH3 is 2. The third-order valence-electron chi connectivity index (χ3n) is 3.09. The fourth-order valence-electron chi connectivity index (χ4n) is 1.84. The van der Waals surface area contributed by atoms with E-state index in [1.165, 1.54) is 13.2 Å². The van der Waals surface area contributed by atoms with Crippen LogP contribution in [0.15, 0.2) is 24.3 Å². The summed E-state index contributed by atoms with van der Waals surface area (Å²) in [5.74, 6) is -0.533. The van der Waals surface area contributed by atoms with Crippen molar-refractivity contribution >= 4 is 18.0 Å². The van der Waals surface area contributed by atoms with Gasteiger partial charge in [0.1, 0.15) is 17.5 Å². The summed E-state index contributed by atoms with van der Waals surface area (Å²) >= 11 is 0. The predicted molar refractivity (Wildman–Crippen MR) is 83.0 cm³/mol. The number of carboxylic acids is 1. The smallest absolute Gasteiger partial charge is 0.326 e. The standard InChI is InChI=1S/C16H21NO5/c1-10(2)15(16(19)20)17-14(18)8-6-11-5-7-12(21-3)9-13(11)22-4/h5-10,15H,1-4H3,(H,17,18)(H,19,20)/b8-6+. The first kappa shape index (κ1) is 17.6. The minimum atomic E-state index is -1.06. The molecule has 1 atom stereocenters. The van der Waals surface area contributed by atoms with Crippen molar-refractivity contribution in [3.63, 3.8) is 0 Å². The lowest BCUT2D eigenvalue weighted by Crippen LogP contribution is -2.43. The molecule has 0 spiro atoms. The summed E-state index contributed by atoms with van der Waals surface area (Å²) in [5, 5.41) is 11.5. The van der Waals surface area contributed by atoms with Gasteiger partial charge in [-0.25, -0.2) is 4.79 Å². The van der Waals surface area contributed by atoms with Crippen molar-refractivity contribution < 1.29 is 24.2 Å². The number of rotatable bonds is 7. The Morgan fingerprint density at radius 2 is 1.91 bits per heavy atom. The van der Waals surface area contributed by atoms with E-state index in [-0.39, 0.29) is 5.92 Å². The highest BCUT2D eigenvalue weighted by atomic mass is 16.5. The summed E-state index contributed by atoms with van der Waals surface area (Å²) in [5.41, 5.74) is 0.690. The van der Waals surface area contributed by atoms with Crippen LogP contribution in [-0.2, 0) is 9.59 Å². The zero-order chi connectivity index (χ0) is 16.7. The van der Waals surface area contributed by atoms with Crippen molar-refractivity contribution in [1.82, 2.24) is 5.32 Å². The van der Waals surface area contributed by atoms with E-state index in [0.29, 0.717) is 17.1 Å². The SMILES string of the molecule is COc1ccc(/C=C/C(=O)NC(C(=O)O)C(C)C)c(OC)c1. The Labute approximate surface area is 129 Å². The van der Waals surface area contributed by atoms with Gasteiger partial charge in [-0.15, -0.1) is 0 Å². The number of ether oxygens (including phenoxy) is 2. The van der Waals surface area contributed by atoms with Crippen LogP contribution in [0.4, 0.5) is 0 Å². The van der Waals surface area contributed by atoms with E-state index in [2.05, 4.69) is 5.32 Å². The summed E-state index contributed by atoms with van der Waals surface area (Å²) in [7, 11) is 3.07. The fourth-order valence-corrected chi connectivity index (χ4v) is 1.84. The minimum absolute atomic E-state index is 0.203. The lowest BCUT2D eigenvalue weighted by molar-refractivity contribution is -0.142. The second-order valence-electron chi connectivity index (χ2n) is 5.01. The molecule has 0 aliphatic rings. The number of aliphatic carboxylic acids is 1. The van der Waals surface area contributed by atoms with Crippen LogP contribution in [0.25, 0.3) is 6.08 Å². The Kier molecular flexibility index (Phi) is 6.44. The summed E-state index contributed by atoms with van der Waals surface area (Å²) in [6, 6.07) is 4.27. The molecule has 0 saturated carbocycles. The molecule has 1 aromatic carbocycles. The van der Waals surface area contributed by atoms with Crippen LogP contribution in [0.3, 0.4) is 0 Å². The average Bonchev–Trinajstić information content (AvgIpc) is 2.49. The van der Waals surface area contributed by atoms with Crippen molar-refractivity contribution in [3.8, 4) is 11.5 Å². The first-order valence-corrected chi connectivity index (χ1v) is 6.82. The van der Waals surface area contributed by atoms with Crippen molar-refractivity contribution in [2.45, 2.75) is 19.9 Å². The van der Waals surface area contributed by atoms with Crippen molar-refractivity contribution in [2.75, 3.05) is 14.2 Å². The van der Waals surface area contributed by atoms with Gasteiger partial charge < -0.3 is 19.9 Å². The minimum Gasteiger partial charge on any atom is -0.497 e. The molecule has 1 amide bonds. The van der Waals surface area contributed by atoms with Gasteiger partial charge in [0.15, 0.2) is 0 Å². The van der Waals surface area contributed by atoms with E-state index in [4.69, 9.17) is 14.6 Å². The van der Waals surface area contributed by atoms with Gasteiger partial charge in [-0.05, 0) is 24.1 Å². The van der Waals surface area contributed by atoms with Crippen molar-refractivity contribution in [1.29, 1.82) is 0 Å². The van der Waals surface area contributed by atoms with Gasteiger partial charge in [-0.3, -0.25) is 4.79 Å². The first-order valence-electron chi connectivity index (χ1n) is 6.82. The van der Waals surface area contributed by atoms with Gasteiger partial charge >= 0.3 is 5.97 Å². The molecular formula is C16H21NO5. The molecule has 1 aromatic rings. The predicted octanol–water partition coefficient (Wildman–Crippen LogP) is 1.94. The Morgan fingerprint density at radius 1 is 1.23 bits per heavy atom. The highest BCUT2D eigenvalue weighted by Crippen LogP contribution is 2.25. The molecule has 0 saturated heterocycles. The molecule has 0 radical (unpaired) electrons.